The second kappa shape index (κ2) is 7.58. The van der Waals surface area contributed by atoms with Gasteiger partial charge in [-0.25, -0.2) is 0 Å². The molecule has 0 bridgehead atoms. The predicted molar refractivity (Wildman–Crippen MR) is 108 cm³/mol. The minimum absolute atomic E-state index is 0.188. The van der Waals surface area contributed by atoms with Gasteiger partial charge in [-0.05, 0) is 55.8 Å². The third-order valence-corrected chi connectivity index (χ3v) is 5.88. The van der Waals surface area contributed by atoms with Gasteiger partial charge < -0.3 is 4.57 Å². The zero-order valence-electron chi connectivity index (χ0n) is 14.9. The first-order chi connectivity index (χ1) is 12.0. The summed E-state index contributed by atoms with van der Waals surface area (Å²) < 4.78 is 3.26. The maximum Gasteiger partial charge on any atom is 0.279 e. The van der Waals surface area contributed by atoms with Crippen LogP contribution in [0.15, 0.2) is 52.4 Å². The number of thioether (sulfide) groups is 1. The summed E-state index contributed by atoms with van der Waals surface area (Å²) in [5.74, 6) is -0.188. The molecule has 1 aromatic heterocycles. The topological polar surface area (TPSA) is 34.4 Å². The normalized spacial score (nSPS) is 12.3. The first-order valence-electron chi connectivity index (χ1n) is 8.43. The quantitative estimate of drug-likeness (QED) is 0.586. The van der Waals surface area contributed by atoms with Crippen molar-refractivity contribution in [2.24, 2.45) is 4.99 Å². The standard InChI is InChI=1S/C20H22N2OS2/c1-5-22-17-11-6-14(4)12-18(17)25-20(22)21-19(23)15-7-9-16(10-8-15)24-13(2)3/h6-13H,5H2,1-4H3. The Hall–Kier alpha value is -1.85. The lowest BCUT2D eigenvalue weighted by molar-refractivity contribution is 0.0998. The van der Waals surface area contributed by atoms with Crippen molar-refractivity contribution in [1.82, 2.24) is 4.57 Å². The highest BCUT2D eigenvalue weighted by Crippen LogP contribution is 2.23. The van der Waals surface area contributed by atoms with Gasteiger partial charge in [0.2, 0.25) is 0 Å². The molecule has 3 rings (SSSR count). The molecular weight excluding hydrogens is 348 g/mol. The molecule has 0 aliphatic heterocycles. The van der Waals surface area contributed by atoms with Crippen molar-refractivity contribution >= 4 is 39.2 Å². The van der Waals surface area contributed by atoms with Gasteiger partial charge in [0.25, 0.3) is 5.91 Å². The minimum Gasteiger partial charge on any atom is -0.317 e. The Bertz CT molecular complexity index is 966. The first kappa shape index (κ1) is 18.0. The molecule has 0 atom stereocenters. The summed E-state index contributed by atoms with van der Waals surface area (Å²) >= 11 is 3.36. The summed E-state index contributed by atoms with van der Waals surface area (Å²) in [6, 6.07) is 14.1. The van der Waals surface area contributed by atoms with E-state index in [2.05, 4.69) is 55.5 Å². The van der Waals surface area contributed by atoms with Crippen LogP contribution in [0.5, 0.6) is 0 Å². The van der Waals surface area contributed by atoms with E-state index in [1.54, 1.807) is 23.1 Å². The van der Waals surface area contributed by atoms with E-state index in [1.165, 1.54) is 10.5 Å². The zero-order valence-corrected chi connectivity index (χ0v) is 16.6. The Kier molecular flexibility index (Phi) is 5.45. The highest BCUT2D eigenvalue weighted by atomic mass is 32.2. The molecule has 5 heteroatoms. The fourth-order valence-corrected chi connectivity index (χ4v) is 4.70. The number of hydrogen-bond acceptors (Lipinski definition) is 3. The molecule has 1 amide bonds. The van der Waals surface area contributed by atoms with E-state index >= 15 is 0 Å². The summed E-state index contributed by atoms with van der Waals surface area (Å²) in [7, 11) is 0. The molecule has 130 valence electrons. The number of carbonyl (C=O) groups excluding carboxylic acids is 1. The fourth-order valence-electron chi connectivity index (χ4n) is 2.67. The molecule has 3 aromatic rings. The second-order valence-electron chi connectivity index (χ2n) is 6.21. The monoisotopic (exact) mass is 370 g/mol. The Morgan fingerprint density at radius 1 is 1.20 bits per heavy atom. The summed E-state index contributed by atoms with van der Waals surface area (Å²) in [5, 5.41) is 0.525. The largest absolute Gasteiger partial charge is 0.317 e. The van der Waals surface area contributed by atoms with Crippen LogP contribution in [0.25, 0.3) is 10.2 Å². The van der Waals surface area contributed by atoms with Crippen LogP contribution in [0.1, 0.15) is 36.7 Å². The van der Waals surface area contributed by atoms with Crippen molar-refractivity contribution in [1.29, 1.82) is 0 Å². The van der Waals surface area contributed by atoms with Crippen molar-refractivity contribution in [3.05, 3.63) is 58.4 Å². The van der Waals surface area contributed by atoms with Crippen LogP contribution in [-0.2, 0) is 6.54 Å². The molecule has 0 N–H and O–H groups in total. The van der Waals surface area contributed by atoms with E-state index in [0.29, 0.717) is 10.8 Å². The van der Waals surface area contributed by atoms with E-state index in [-0.39, 0.29) is 5.91 Å². The Balaban J connectivity index is 1.97. The zero-order chi connectivity index (χ0) is 18.0. The van der Waals surface area contributed by atoms with Gasteiger partial charge in [-0.2, -0.15) is 4.99 Å². The number of rotatable bonds is 4. The van der Waals surface area contributed by atoms with Crippen molar-refractivity contribution < 1.29 is 4.79 Å². The van der Waals surface area contributed by atoms with Crippen LogP contribution in [0.2, 0.25) is 0 Å². The molecule has 0 saturated heterocycles. The van der Waals surface area contributed by atoms with Gasteiger partial charge in [0, 0.05) is 22.3 Å². The lowest BCUT2D eigenvalue weighted by atomic mass is 10.2. The molecule has 3 nitrogen and oxygen atoms in total. The molecular formula is C20H22N2OS2. The van der Waals surface area contributed by atoms with Crippen molar-refractivity contribution in [3.63, 3.8) is 0 Å². The Morgan fingerprint density at radius 2 is 1.92 bits per heavy atom. The third kappa shape index (κ3) is 4.05. The number of aryl methyl sites for hydroxylation is 2. The smallest absolute Gasteiger partial charge is 0.279 e. The van der Waals surface area contributed by atoms with Crippen LogP contribution >= 0.6 is 23.1 Å². The van der Waals surface area contributed by atoms with Crippen molar-refractivity contribution in [2.75, 3.05) is 0 Å². The average Bonchev–Trinajstić information content (AvgIpc) is 2.90. The van der Waals surface area contributed by atoms with Crippen molar-refractivity contribution in [2.45, 2.75) is 44.4 Å². The highest BCUT2D eigenvalue weighted by Gasteiger charge is 2.09. The van der Waals surface area contributed by atoms with Gasteiger partial charge in [0.05, 0.1) is 10.2 Å². The van der Waals surface area contributed by atoms with Crippen LogP contribution in [-0.4, -0.2) is 15.7 Å². The number of thiazole rings is 1. The average molecular weight is 371 g/mol. The number of fused-ring (bicyclic) bond motifs is 1. The second-order valence-corrected chi connectivity index (χ2v) is 8.87. The number of aromatic nitrogens is 1. The van der Waals surface area contributed by atoms with E-state index < -0.39 is 0 Å². The summed E-state index contributed by atoms with van der Waals surface area (Å²) in [5.41, 5.74) is 2.98. The molecule has 0 aliphatic rings. The molecule has 1 heterocycles. The molecule has 25 heavy (non-hydrogen) atoms. The fraction of sp³-hybridized carbons (Fsp3) is 0.300. The molecule has 0 spiro atoms. The van der Waals surface area contributed by atoms with E-state index in [4.69, 9.17) is 0 Å². The van der Waals surface area contributed by atoms with Crippen LogP contribution in [0.3, 0.4) is 0 Å². The van der Waals surface area contributed by atoms with Crippen LogP contribution in [0, 0.1) is 6.92 Å². The maximum atomic E-state index is 12.6. The predicted octanol–water partition coefficient (Wildman–Crippen LogP) is 5.27. The van der Waals surface area contributed by atoms with Gasteiger partial charge in [0.15, 0.2) is 4.80 Å². The molecule has 0 radical (unpaired) electrons. The van der Waals surface area contributed by atoms with Gasteiger partial charge in [-0.15, -0.1) is 11.8 Å². The summed E-state index contributed by atoms with van der Waals surface area (Å²) in [6.07, 6.45) is 0. The van der Waals surface area contributed by atoms with E-state index in [9.17, 15) is 4.79 Å². The molecule has 0 aliphatic carbocycles. The highest BCUT2D eigenvalue weighted by molar-refractivity contribution is 7.99. The van der Waals surface area contributed by atoms with Gasteiger partial charge >= 0.3 is 0 Å². The van der Waals surface area contributed by atoms with Crippen LogP contribution in [0.4, 0.5) is 0 Å². The summed E-state index contributed by atoms with van der Waals surface area (Å²) in [6.45, 7) is 9.26. The SMILES string of the molecule is CCn1c(=NC(=O)c2ccc(SC(C)C)cc2)sc2cc(C)ccc21. The first-order valence-corrected chi connectivity index (χ1v) is 10.1. The lowest BCUT2D eigenvalue weighted by Gasteiger charge is -2.04. The van der Waals surface area contributed by atoms with Crippen molar-refractivity contribution in [3.8, 4) is 0 Å². The third-order valence-electron chi connectivity index (χ3n) is 3.82. The van der Waals surface area contributed by atoms with Gasteiger partial charge in [-0.3, -0.25) is 4.79 Å². The molecule has 0 unspecified atom stereocenters. The maximum absolute atomic E-state index is 12.6. The molecule has 2 aromatic carbocycles. The van der Waals surface area contributed by atoms with E-state index in [0.717, 1.165) is 21.6 Å². The van der Waals surface area contributed by atoms with Gasteiger partial charge in [0.1, 0.15) is 0 Å². The number of carbonyl (C=O) groups is 1. The number of hydrogen-bond donors (Lipinski definition) is 0. The van der Waals surface area contributed by atoms with E-state index in [1.807, 2.05) is 24.3 Å². The van der Waals surface area contributed by atoms with Crippen LogP contribution < -0.4 is 4.80 Å². The number of nitrogens with zero attached hydrogens (tertiary/aromatic N) is 2. The Labute approximate surface area is 156 Å². The molecule has 0 saturated carbocycles. The minimum atomic E-state index is -0.188. The number of benzene rings is 2. The lowest BCUT2D eigenvalue weighted by Crippen LogP contribution is -2.15. The molecule has 0 fully saturated rings. The Morgan fingerprint density at radius 3 is 2.56 bits per heavy atom. The number of amides is 1. The summed E-state index contributed by atoms with van der Waals surface area (Å²) in [4.78, 5) is 18.9. The van der Waals surface area contributed by atoms with Gasteiger partial charge in [-0.1, -0.05) is 31.3 Å².